The molecule has 2 N–H and O–H groups in total. The second kappa shape index (κ2) is 13.2. The van der Waals surface area contributed by atoms with Crippen LogP contribution in [0.2, 0.25) is 0 Å². The van der Waals surface area contributed by atoms with Gasteiger partial charge in [-0.25, -0.2) is 0 Å². The zero-order chi connectivity index (χ0) is 14.3. The summed E-state index contributed by atoms with van der Waals surface area (Å²) in [5, 5.41) is 0. The summed E-state index contributed by atoms with van der Waals surface area (Å²) >= 11 is 0. The van der Waals surface area contributed by atoms with Crippen LogP contribution in [0, 0.1) is 5.92 Å². The number of unbranched alkanes of at least 4 members (excludes halogenated alkanes) is 1. The molecule has 0 unspecified atom stereocenters. The highest BCUT2D eigenvalue weighted by molar-refractivity contribution is 5.35. The van der Waals surface area contributed by atoms with Crippen molar-refractivity contribution in [2.24, 2.45) is 5.92 Å². The lowest BCUT2D eigenvalue weighted by molar-refractivity contribution is 0.331. The predicted molar refractivity (Wildman–Crippen MR) is 88.2 cm³/mol. The molecule has 0 aromatic heterocycles. The van der Waals surface area contributed by atoms with Crippen molar-refractivity contribution in [1.29, 1.82) is 0 Å². The first-order chi connectivity index (χ1) is 9.33. The monoisotopic (exact) mass is 261 g/mol. The van der Waals surface area contributed by atoms with Crippen LogP contribution in [0.25, 0.3) is 0 Å². The van der Waals surface area contributed by atoms with Gasteiger partial charge in [-0.15, -0.1) is 13.2 Å². The van der Waals surface area contributed by atoms with Crippen LogP contribution >= 0.6 is 0 Å². The average Bonchev–Trinajstić information content (AvgIpc) is 2.50. The molecule has 1 nitrogen and oxygen atoms in total. The van der Waals surface area contributed by atoms with Crippen molar-refractivity contribution in [2.75, 3.05) is 5.73 Å². The molecule has 1 aromatic rings. The first-order valence-corrected chi connectivity index (χ1v) is 7.63. The standard InChI is InChI=1S/C10H20.C6H7N.C2H4/c1-2-3-7-10-8-5-4-6-9-10;7-6-4-2-1-3-5-6;1-2/h10H,2-9H2,1H3;1-5H,7H2;1-2H2. The van der Waals surface area contributed by atoms with E-state index < -0.39 is 0 Å². The van der Waals surface area contributed by atoms with Crippen LogP contribution in [-0.4, -0.2) is 0 Å². The lowest BCUT2D eigenvalue weighted by Crippen LogP contribution is -2.05. The van der Waals surface area contributed by atoms with Crippen LogP contribution in [0.5, 0.6) is 0 Å². The van der Waals surface area contributed by atoms with Crippen molar-refractivity contribution in [3.8, 4) is 0 Å². The van der Waals surface area contributed by atoms with Crippen LogP contribution in [0.1, 0.15) is 58.3 Å². The maximum Gasteiger partial charge on any atom is 0.0313 e. The van der Waals surface area contributed by atoms with Crippen LogP contribution in [-0.2, 0) is 0 Å². The fourth-order valence-corrected chi connectivity index (χ4v) is 2.42. The Bertz CT molecular complexity index is 275. The molecule has 0 amide bonds. The van der Waals surface area contributed by atoms with E-state index in [1.807, 2.05) is 30.3 Å². The SMILES string of the molecule is C=C.CCCCC1CCCCC1.Nc1ccccc1. The molecule has 0 bridgehead atoms. The van der Waals surface area contributed by atoms with E-state index in [0.29, 0.717) is 0 Å². The van der Waals surface area contributed by atoms with Gasteiger partial charge in [-0.2, -0.15) is 0 Å². The van der Waals surface area contributed by atoms with Gasteiger partial charge in [0.25, 0.3) is 0 Å². The number of benzene rings is 1. The smallest absolute Gasteiger partial charge is 0.0313 e. The topological polar surface area (TPSA) is 26.0 Å². The highest BCUT2D eigenvalue weighted by atomic mass is 14.5. The van der Waals surface area contributed by atoms with Crippen molar-refractivity contribution in [3.05, 3.63) is 43.5 Å². The minimum atomic E-state index is 0.822. The first kappa shape index (κ1) is 17.8. The summed E-state index contributed by atoms with van der Waals surface area (Å²) in [6, 6.07) is 9.49. The summed E-state index contributed by atoms with van der Waals surface area (Å²) in [7, 11) is 0. The Morgan fingerprint density at radius 1 is 1.05 bits per heavy atom. The van der Waals surface area contributed by atoms with Crippen molar-refractivity contribution >= 4 is 5.69 Å². The largest absolute Gasteiger partial charge is 0.399 e. The molecule has 1 aliphatic carbocycles. The molecule has 1 fully saturated rings. The Morgan fingerprint density at radius 3 is 2.05 bits per heavy atom. The molecule has 0 heterocycles. The van der Waals surface area contributed by atoms with Crippen molar-refractivity contribution in [2.45, 2.75) is 58.3 Å². The number of nitrogen functional groups attached to an aromatic ring is 1. The van der Waals surface area contributed by atoms with Crippen LogP contribution < -0.4 is 5.73 Å². The summed E-state index contributed by atoms with van der Waals surface area (Å²) in [4.78, 5) is 0. The second-order valence-electron chi connectivity index (χ2n) is 5.06. The average molecular weight is 261 g/mol. The van der Waals surface area contributed by atoms with Crippen LogP contribution in [0.15, 0.2) is 43.5 Å². The van der Waals surface area contributed by atoms with Gasteiger partial charge in [0.1, 0.15) is 0 Å². The van der Waals surface area contributed by atoms with Gasteiger partial charge in [-0.3, -0.25) is 0 Å². The molecule has 1 aromatic carbocycles. The second-order valence-corrected chi connectivity index (χ2v) is 5.06. The highest BCUT2D eigenvalue weighted by Crippen LogP contribution is 2.27. The molecule has 1 saturated carbocycles. The zero-order valence-corrected chi connectivity index (χ0v) is 12.6. The Balaban J connectivity index is 0.000000316. The molecule has 1 aliphatic rings. The third-order valence-corrected chi connectivity index (χ3v) is 3.49. The molecule has 1 heteroatoms. The fourth-order valence-electron chi connectivity index (χ4n) is 2.42. The third-order valence-electron chi connectivity index (χ3n) is 3.49. The Labute approximate surface area is 119 Å². The molecule has 19 heavy (non-hydrogen) atoms. The summed E-state index contributed by atoms with van der Waals surface area (Å²) in [5.41, 5.74) is 6.18. The van der Waals surface area contributed by atoms with E-state index in [1.54, 1.807) is 0 Å². The maximum absolute atomic E-state index is 5.36. The molecule has 2 rings (SSSR count). The minimum Gasteiger partial charge on any atom is -0.399 e. The lowest BCUT2D eigenvalue weighted by atomic mass is 9.86. The Morgan fingerprint density at radius 2 is 1.63 bits per heavy atom. The van der Waals surface area contributed by atoms with E-state index in [1.165, 1.54) is 51.4 Å². The number of hydrogen-bond acceptors (Lipinski definition) is 1. The van der Waals surface area contributed by atoms with Crippen molar-refractivity contribution < 1.29 is 0 Å². The van der Waals surface area contributed by atoms with Gasteiger partial charge in [0.15, 0.2) is 0 Å². The number of para-hydroxylation sites is 1. The van der Waals surface area contributed by atoms with Gasteiger partial charge in [0.2, 0.25) is 0 Å². The van der Waals surface area contributed by atoms with Gasteiger partial charge in [0.05, 0.1) is 0 Å². The Hall–Kier alpha value is -1.24. The van der Waals surface area contributed by atoms with E-state index >= 15 is 0 Å². The summed E-state index contributed by atoms with van der Waals surface area (Å²) < 4.78 is 0. The minimum absolute atomic E-state index is 0.822. The van der Waals surface area contributed by atoms with Gasteiger partial charge in [-0.05, 0) is 18.1 Å². The number of rotatable bonds is 3. The molecular weight excluding hydrogens is 230 g/mol. The summed E-state index contributed by atoms with van der Waals surface area (Å²) in [5.74, 6) is 1.11. The molecule has 0 atom stereocenters. The number of hydrogen-bond donors (Lipinski definition) is 1. The first-order valence-electron chi connectivity index (χ1n) is 7.63. The van der Waals surface area contributed by atoms with Gasteiger partial charge in [-0.1, -0.05) is 76.5 Å². The van der Waals surface area contributed by atoms with E-state index in [4.69, 9.17) is 5.73 Å². The van der Waals surface area contributed by atoms with Crippen LogP contribution in [0.4, 0.5) is 5.69 Å². The zero-order valence-electron chi connectivity index (χ0n) is 12.6. The van der Waals surface area contributed by atoms with Crippen LogP contribution in [0.3, 0.4) is 0 Å². The molecule has 108 valence electrons. The van der Waals surface area contributed by atoms with Crippen molar-refractivity contribution in [1.82, 2.24) is 0 Å². The van der Waals surface area contributed by atoms with Gasteiger partial charge >= 0.3 is 0 Å². The predicted octanol–water partition coefficient (Wildman–Crippen LogP) is 5.83. The third kappa shape index (κ3) is 10.4. The molecular formula is C18H31N. The highest BCUT2D eigenvalue weighted by Gasteiger charge is 2.11. The molecule has 0 saturated heterocycles. The van der Waals surface area contributed by atoms with E-state index in [-0.39, 0.29) is 0 Å². The molecule has 0 aliphatic heterocycles. The van der Waals surface area contributed by atoms with Gasteiger partial charge in [0, 0.05) is 5.69 Å². The maximum atomic E-state index is 5.36. The van der Waals surface area contributed by atoms with E-state index in [9.17, 15) is 0 Å². The Kier molecular flexibility index (Phi) is 12.3. The fraction of sp³-hybridized carbons (Fsp3) is 0.556. The normalized spacial score (nSPS) is 14.6. The molecule has 0 spiro atoms. The van der Waals surface area contributed by atoms with Crippen molar-refractivity contribution in [3.63, 3.8) is 0 Å². The number of nitrogens with two attached hydrogens (primary N) is 1. The van der Waals surface area contributed by atoms with E-state index in [0.717, 1.165) is 11.6 Å². The lowest BCUT2D eigenvalue weighted by Gasteiger charge is -2.20. The van der Waals surface area contributed by atoms with Gasteiger partial charge < -0.3 is 5.73 Å². The summed E-state index contributed by atoms with van der Waals surface area (Å²) in [6.07, 6.45) is 11.9. The summed E-state index contributed by atoms with van der Waals surface area (Å²) in [6.45, 7) is 8.29. The number of anilines is 1. The molecule has 0 radical (unpaired) electrons. The van der Waals surface area contributed by atoms with E-state index in [2.05, 4.69) is 20.1 Å². The quantitative estimate of drug-likeness (QED) is 0.538.